The average Bonchev–Trinajstić information content (AvgIpc) is 2.59. The molecule has 0 bridgehead atoms. The summed E-state index contributed by atoms with van der Waals surface area (Å²) in [6.45, 7) is 0.115. The number of benzene rings is 2. The van der Waals surface area contributed by atoms with E-state index in [0.29, 0.717) is 10.8 Å². The average molecular weight is 404 g/mol. The van der Waals surface area contributed by atoms with E-state index in [1.54, 1.807) is 24.3 Å². The molecule has 0 saturated carbocycles. The molecule has 0 aromatic heterocycles. The van der Waals surface area contributed by atoms with Crippen LogP contribution in [0.2, 0.25) is 10.0 Å². The van der Waals surface area contributed by atoms with Crippen LogP contribution in [-0.2, 0) is 14.8 Å². The molecule has 25 heavy (non-hydrogen) atoms. The fourth-order valence-electron chi connectivity index (χ4n) is 1.88. The molecule has 0 amide bonds. The minimum atomic E-state index is -3.78. The Morgan fingerprint density at radius 1 is 1.12 bits per heavy atom. The third-order valence-corrected chi connectivity index (χ3v) is 5.24. The third-order valence-electron chi connectivity index (χ3n) is 3.11. The Morgan fingerprint density at radius 2 is 1.88 bits per heavy atom. The fraction of sp³-hybridized carbons (Fsp3) is 0.188. The zero-order valence-electron chi connectivity index (χ0n) is 13.2. The first-order valence-corrected chi connectivity index (χ1v) is 9.36. The largest absolute Gasteiger partial charge is 0.490 e. The second-order valence-electron chi connectivity index (χ2n) is 4.79. The number of rotatable bonds is 7. The lowest BCUT2D eigenvalue weighted by Gasteiger charge is -2.09. The van der Waals surface area contributed by atoms with Crippen LogP contribution in [0.15, 0.2) is 47.4 Å². The zero-order chi connectivity index (χ0) is 18.4. The summed E-state index contributed by atoms with van der Waals surface area (Å²) in [4.78, 5) is 11.8. The predicted octanol–water partition coefficient (Wildman–Crippen LogP) is 3.14. The summed E-state index contributed by atoms with van der Waals surface area (Å²) in [7, 11) is -2.52. The number of sulfonamides is 1. The first-order chi connectivity index (χ1) is 11.8. The Kier molecular flexibility index (Phi) is 6.66. The van der Waals surface area contributed by atoms with E-state index in [-0.39, 0.29) is 28.7 Å². The number of ether oxygens (including phenoxy) is 2. The van der Waals surface area contributed by atoms with Crippen LogP contribution in [0.3, 0.4) is 0 Å². The molecule has 2 aromatic rings. The first kappa shape index (κ1) is 19.5. The molecule has 0 atom stereocenters. The lowest BCUT2D eigenvalue weighted by Crippen LogP contribution is -2.20. The number of hydrogen-bond acceptors (Lipinski definition) is 5. The molecule has 0 aliphatic carbocycles. The van der Waals surface area contributed by atoms with Crippen molar-refractivity contribution in [1.82, 2.24) is 4.72 Å². The molecule has 0 radical (unpaired) electrons. The van der Waals surface area contributed by atoms with Gasteiger partial charge in [0.05, 0.1) is 10.6 Å². The molecule has 0 spiro atoms. The van der Waals surface area contributed by atoms with Crippen molar-refractivity contribution in [3.8, 4) is 5.75 Å². The second-order valence-corrected chi connectivity index (χ2v) is 7.49. The molecule has 134 valence electrons. The maximum Gasteiger partial charge on any atom is 0.338 e. The van der Waals surface area contributed by atoms with E-state index in [9.17, 15) is 13.2 Å². The number of carbonyl (C=O) groups is 1. The van der Waals surface area contributed by atoms with Crippen LogP contribution in [0.4, 0.5) is 0 Å². The Hall–Kier alpha value is -1.80. The van der Waals surface area contributed by atoms with Crippen LogP contribution >= 0.6 is 23.2 Å². The van der Waals surface area contributed by atoms with Gasteiger partial charge in [-0.05, 0) is 43.4 Å². The molecule has 2 aromatic carbocycles. The lowest BCUT2D eigenvalue weighted by atomic mass is 10.2. The molecule has 0 saturated heterocycles. The van der Waals surface area contributed by atoms with Crippen LogP contribution in [0.1, 0.15) is 10.4 Å². The Balaban J connectivity index is 1.96. The normalized spacial score (nSPS) is 11.2. The summed E-state index contributed by atoms with van der Waals surface area (Å²) < 4.78 is 36.3. The zero-order valence-corrected chi connectivity index (χ0v) is 15.5. The van der Waals surface area contributed by atoms with Gasteiger partial charge in [-0.15, -0.1) is 0 Å². The van der Waals surface area contributed by atoms with Crippen molar-refractivity contribution in [3.05, 3.63) is 58.1 Å². The van der Waals surface area contributed by atoms with Gasteiger partial charge in [0.1, 0.15) is 23.9 Å². The Bertz CT molecular complexity index is 871. The van der Waals surface area contributed by atoms with Crippen LogP contribution in [-0.4, -0.2) is 34.6 Å². The highest BCUT2D eigenvalue weighted by atomic mass is 35.5. The second kappa shape index (κ2) is 8.53. The number of nitrogens with one attached hydrogen (secondary N) is 1. The maximum absolute atomic E-state index is 12.0. The molecule has 6 nitrogen and oxygen atoms in total. The Labute approximate surface area is 155 Å². The topological polar surface area (TPSA) is 81.7 Å². The van der Waals surface area contributed by atoms with Crippen molar-refractivity contribution in [2.24, 2.45) is 0 Å². The minimum absolute atomic E-state index is 0.00943. The van der Waals surface area contributed by atoms with E-state index >= 15 is 0 Å². The van der Waals surface area contributed by atoms with Gasteiger partial charge in [0.25, 0.3) is 0 Å². The van der Waals surface area contributed by atoms with Gasteiger partial charge >= 0.3 is 5.97 Å². The van der Waals surface area contributed by atoms with E-state index in [0.717, 1.165) is 6.07 Å². The van der Waals surface area contributed by atoms with E-state index in [2.05, 4.69) is 4.72 Å². The smallest absolute Gasteiger partial charge is 0.338 e. The summed E-state index contributed by atoms with van der Waals surface area (Å²) in [5.74, 6) is -0.128. The number of hydrogen-bond donors (Lipinski definition) is 1. The van der Waals surface area contributed by atoms with E-state index < -0.39 is 16.0 Å². The number of carbonyl (C=O) groups excluding carboxylic acids is 1. The molecule has 9 heteroatoms. The number of halogens is 2. The van der Waals surface area contributed by atoms with Crippen LogP contribution in [0.25, 0.3) is 0 Å². The van der Waals surface area contributed by atoms with Crippen molar-refractivity contribution >= 4 is 39.2 Å². The van der Waals surface area contributed by atoms with Gasteiger partial charge in [0.15, 0.2) is 0 Å². The molecular formula is C16H15Cl2NO5S. The summed E-state index contributed by atoms with van der Waals surface area (Å²) in [6, 6.07) is 10.7. The monoisotopic (exact) mass is 403 g/mol. The minimum Gasteiger partial charge on any atom is -0.490 e. The van der Waals surface area contributed by atoms with E-state index in [4.69, 9.17) is 32.7 Å². The highest BCUT2D eigenvalue weighted by Crippen LogP contribution is 2.23. The fourth-order valence-corrected chi connectivity index (χ4v) is 3.31. The highest BCUT2D eigenvalue weighted by Gasteiger charge is 2.19. The molecule has 1 N–H and O–H groups in total. The van der Waals surface area contributed by atoms with Crippen molar-refractivity contribution in [3.63, 3.8) is 0 Å². The van der Waals surface area contributed by atoms with Crippen LogP contribution < -0.4 is 9.46 Å². The van der Waals surface area contributed by atoms with Gasteiger partial charge in [0, 0.05) is 5.02 Å². The molecular weight excluding hydrogens is 389 g/mol. The van der Waals surface area contributed by atoms with Gasteiger partial charge in [-0.3, -0.25) is 0 Å². The molecule has 0 unspecified atom stereocenters. The van der Waals surface area contributed by atoms with Gasteiger partial charge < -0.3 is 9.47 Å². The predicted molar refractivity (Wildman–Crippen MR) is 94.9 cm³/mol. The van der Waals surface area contributed by atoms with E-state index in [1.807, 2.05) is 0 Å². The quantitative estimate of drug-likeness (QED) is 0.567. The van der Waals surface area contributed by atoms with Gasteiger partial charge in [0.2, 0.25) is 10.0 Å². The third kappa shape index (κ3) is 5.34. The highest BCUT2D eigenvalue weighted by molar-refractivity contribution is 7.89. The van der Waals surface area contributed by atoms with Crippen molar-refractivity contribution in [2.45, 2.75) is 4.90 Å². The first-order valence-electron chi connectivity index (χ1n) is 7.12. The van der Waals surface area contributed by atoms with Crippen LogP contribution in [0, 0.1) is 0 Å². The summed E-state index contributed by atoms with van der Waals surface area (Å²) >= 11 is 11.7. The number of esters is 1. The standard InChI is InChI=1S/C16H15Cl2NO5S/c1-19-25(21,22)15-9-11(5-6-14(15)18)16(20)24-8-7-23-13-4-2-3-12(17)10-13/h2-6,9-10,19H,7-8H2,1H3. The van der Waals surface area contributed by atoms with Crippen LogP contribution in [0.5, 0.6) is 5.75 Å². The van der Waals surface area contributed by atoms with E-state index in [1.165, 1.54) is 19.2 Å². The van der Waals surface area contributed by atoms with Crippen molar-refractivity contribution in [2.75, 3.05) is 20.3 Å². The summed E-state index contributed by atoms with van der Waals surface area (Å²) in [6.07, 6.45) is 0. The van der Waals surface area contributed by atoms with Gasteiger partial charge in [-0.2, -0.15) is 0 Å². The maximum atomic E-state index is 12.0. The summed E-state index contributed by atoms with van der Waals surface area (Å²) in [5, 5.41) is 0.545. The summed E-state index contributed by atoms with van der Waals surface area (Å²) in [5.41, 5.74) is 0.0704. The molecule has 0 fully saturated rings. The molecule has 2 rings (SSSR count). The molecule has 0 aliphatic rings. The van der Waals surface area contributed by atoms with Gasteiger partial charge in [-0.1, -0.05) is 29.3 Å². The molecule has 0 heterocycles. The molecule has 0 aliphatic heterocycles. The van der Waals surface area contributed by atoms with Crippen molar-refractivity contribution < 1.29 is 22.7 Å². The van der Waals surface area contributed by atoms with Gasteiger partial charge in [-0.25, -0.2) is 17.9 Å². The lowest BCUT2D eigenvalue weighted by molar-refractivity contribution is 0.0450. The SMILES string of the molecule is CNS(=O)(=O)c1cc(C(=O)OCCOc2cccc(Cl)c2)ccc1Cl. The van der Waals surface area contributed by atoms with Crippen molar-refractivity contribution in [1.29, 1.82) is 0 Å². The Morgan fingerprint density at radius 3 is 2.56 bits per heavy atom.